The third-order valence-corrected chi connectivity index (χ3v) is 7.69. The van der Waals surface area contributed by atoms with Gasteiger partial charge in [-0.1, -0.05) is 36.4 Å². The van der Waals surface area contributed by atoms with Gasteiger partial charge in [-0.3, -0.25) is 4.31 Å². The first-order valence-electron chi connectivity index (χ1n) is 8.13. The average Bonchev–Trinajstić information content (AvgIpc) is 3.37. The normalized spacial score (nSPS) is 14.9. The van der Waals surface area contributed by atoms with E-state index in [1.807, 2.05) is 25.1 Å². The fraction of sp³-hybridized carbons (Fsp3) is 0.263. The number of sulfonamides is 1. The van der Waals surface area contributed by atoms with E-state index < -0.39 is 10.0 Å². The lowest BCUT2D eigenvalue weighted by Gasteiger charge is -2.24. The minimum Gasteiger partial charge on any atom is -0.256 e. The number of benzene rings is 2. The molecule has 3 nitrogen and oxygen atoms in total. The van der Waals surface area contributed by atoms with Crippen LogP contribution in [-0.2, 0) is 10.0 Å². The number of anilines is 1. The van der Waals surface area contributed by atoms with Gasteiger partial charge in [0, 0.05) is 11.2 Å². The zero-order valence-electron chi connectivity index (χ0n) is 13.5. The Balaban J connectivity index is 1.86. The Bertz CT molecular complexity index is 973. The summed E-state index contributed by atoms with van der Waals surface area (Å²) >= 11 is 1.57. The van der Waals surface area contributed by atoms with Crippen molar-refractivity contribution in [2.24, 2.45) is 5.92 Å². The summed E-state index contributed by atoms with van der Waals surface area (Å²) in [4.78, 5) is 0.363. The second-order valence-electron chi connectivity index (χ2n) is 6.32. The fourth-order valence-electron chi connectivity index (χ4n) is 2.94. The van der Waals surface area contributed by atoms with Crippen molar-refractivity contribution >= 4 is 36.4 Å². The lowest BCUT2D eigenvalue weighted by Crippen LogP contribution is -2.32. The average molecular weight is 358 g/mol. The van der Waals surface area contributed by atoms with Crippen LogP contribution in [0.4, 0.5) is 5.00 Å². The van der Waals surface area contributed by atoms with E-state index in [0.717, 1.165) is 33.5 Å². The van der Waals surface area contributed by atoms with Gasteiger partial charge < -0.3 is 0 Å². The van der Waals surface area contributed by atoms with Gasteiger partial charge in [0.25, 0.3) is 10.0 Å². The predicted molar refractivity (Wildman–Crippen MR) is 100 cm³/mol. The third-order valence-electron chi connectivity index (χ3n) is 4.50. The summed E-state index contributed by atoms with van der Waals surface area (Å²) in [5, 5.41) is 1.99. The minimum atomic E-state index is -3.54. The molecule has 1 fully saturated rings. The topological polar surface area (TPSA) is 37.4 Å². The Hall–Kier alpha value is -1.85. The number of rotatable bonds is 5. The van der Waals surface area contributed by atoms with Gasteiger partial charge in [-0.05, 0) is 54.8 Å². The number of hydrogen-bond donors (Lipinski definition) is 0. The predicted octanol–water partition coefficient (Wildman–Crippen LogP) is 4.82. The zero-order valence-corrected chi connectivity index (χ0v) is 15.1. The molecular formula is C19H19NO2S2. The van der Waals surface area contributed by atoms with E-state index >= 15 is 0 Å². The Labute approximate surface area is 146 Å². The summed E-state index contributed by atoms with van der Waals surface area (Å²) in [6.45, 7) is 2.60. The molecule has 0 bridgehead atoms. The molecule has 5 heteroatoms. The van der Waals surface area contributed by atoms with Crippen molar-refractivity contribution < 1.29 is 8.42 Å². The highest BCUT2D eigenvalue weighted by molar-refractivity contribution is 7.93. The summed E-state index contributed by atoms with van der Waals surface area (Å²) in [5.41, 5.74) is 1.05. The standard InChI is InChI=1S/C19H19NO2S2/c1-14-17-9-5-6-10-18(17)23-19(14)20(13-15-11-12-15)24(21,22)16-7-3-2-4-8-16/h2-10,15H,11-13H2,1H3. The largest absolute Gasteiger partial charge is 0.264 e. The van der Waals surface area contributed by atoms with Gasteiger partial charge in [0.05, 0.1) is 4.90 Å². The molecule has 0 saturated heterocycles. The smallest absolute Gasteiger partial charge is 0.256 e. The summed E-state index contributed by atoms with van der Waals surface area (Å²) in [5.74, 6) is 0.480. The minimum absolute atomic E-state index is 0.363. The van der Waals surface area contributed by atoms with Crippen LogP contribution >= 0.6 is 11.3 Å². The van der Waals surface area contributed by atoms with Gasteiger partial charge in [-0.15, -0.1) is 11.3 Å². The van der Waals surface area contributed by atoms with E-state index in [9.17, 15) is 8.42 Å². The van der Waals surface area contributed by atoms with Crippen LogP contribution in [0.1, 0.15) is 18.4 Å². The van der Waals surface area contributed by atoms with Gasteiger partial charge >= 0.3 is 0 Å². The monoisotopic (exact) mass is 357 g/mol. The molecule has 0 aliphatic heterocycles. The lowest BCUT2D eigenvalue weighted by atomic mass is 10.2. The highest BCUT2D eigenvalue weighted by Crippen LogP contribution is 2.42. The molecule has 1 aliphatic carbocycles. The van der Waals surface area contributed by atoms with Crippen molar-refractivity contribution in [3.63, 3.8) is 0 Å². The van der Waals surface area contributed by atoms with E-state index in [1.165, 1.54) is 0 Å². The molecule has 24 heavy (non-hydrogen) atoms. The van der Waals surface area contributed by atoms with E-state index in [1.54, 1.807) is 39.9 Å². The summed E-state index contributed by atoms with van der Waals surface area (Å²) in [6.07, 6.45) is 2.23. The van der Waals surface area contributed by atoms with Crippen molar-refractivity contribution in [2.75, 3.05) is 10.8 Å². The van der Waals surface area contributed by atoms with Crippen molar-refractivity contribution in [1.82, 2.24) is 0 Å². The fourth-order valence-corrected chi connectivity index (χ4v) is 5.99. The van der Waals surface area contributed by atoms with Crippen molar-refractivity contribution in [3.05, 3.63) is 60.2 Å². The Morgan fingerprint density at radius 3 is 2.38 bits per heavy atom. The number of thiophene rings is 1. The molecular weight excluding hydrogens is 338 g/mol. The molecule has 1 aliphatic rings. The maximum absolute atomic E-state index is 13.3. The molecule has 0 amide bonds. The molecule has 0 spiro atoms. The molecule has 2 aromatic carbocycles. The molecule has 1 aromatic heterocycles. The molecule has 1 heterocycles. The Kier molecular flexibility index (Phi) is 3.85. The van der Waals surface area contributed by atoms with Crippen LogP contribution in [0, 0.1) is 12.8 Å². The van der Waals surface area contributed by atoms with Crippen LogP contribution in [0.5, 0.6) is 0 Å². The molecule has 4 rings (SSSR count). The molecule has 0 radical (unpaired) electrons. The molecule has 0 unspecified atom stereocenters. The number of fused-ring (bicyclic) bond motifs is 1. The summed E-state index contributed by atoms with van der Waals surface area (Å²) in [6, 6.07) is 16.9. The molecule has 0 N–H and O–H groups in total. The highest BCUT2D eigenvalue weighted by Gasteiger charge is 2.33. The van der Waals surface area contributed by atoms with Crippen LogP contribution in [0.2, 0.25) is 0 Å². The SMILES string of the molecule is Cc1c(N(CC2CC2)S(=O)(=O)c2ccccc2)sc2ccccc12. The maximum Gasteiger partial charge on any atom is 0.264 e. The number of hydrogen-bond acceptors (Lipinski definition) is 3. The second-order valence-corrected chi connectivity index (χ2v) is 9.21. The van der Waals surface area contributed by atoms with E-state index in [2.05, 4.69) is 12.1 Å². The first-order chi connectivity index (χ1) is 11.6. The third kappa shape index (κ3) is 2.72. The Morgan fingerprint density at radius 1 is 1.04 bits per heavy atom. The van der Waals surface area contributed by atoms with Gasteiger partial charge in [0.15, 0.2) is 0 Å². The number of aryl methyl sites for hydroxylation is 1. The van der Waals surface area contributed by atoms with Crippen LogP contribution in [0.15, 0.2) is 59.5 Å². The molecule has 0 atom stereocenters. The van der Waals surface area contributed by atoms with Crippen molar-refractivity contribution in [3.8, 4) is 0 Å². The summed E-state index contributed by atoms with van der Waals surface area (Å²) in [7, 11) is -3.54. The maximum atomic E-state index is 13.3. The Morgan fingerprint density at radius 2 is 1.71 bits per heavy atom. The van der Waals surface area contributed by atoms with Crippen LogP contribution in [0.3, 0.4) is 0 Å². The van der Waals surface area contributed by atoms with Gasteiger partial charge in [0.2, 0.25) is 0 Å². The molecule has 3 aromatic rings. The lowest BCUT2D eigenvalue weighted by molar-refractivity contribution is 0.588. The second kappa shape index (κ2) is 5.90. The van der Waals surface area contributed by atoms with Crippen LogP contribution < -0.4 is 4.31 Å². The molecule has 124 valence electrons. The van der Waals surface area contributed by atoms with E-state index in [0.29, 0.717) is 17.4 Å². The highest BCUT2D eigenvalue weighted by atomic mass is 32.2. The van der Waals surface area contributed by atoms with Gasteiger partial charge in [-0.2, -0.15) is 0 Å². The van der Waals surface area contributed by atoms with Crippen molar-refractivity contribution in [2.45, 2.75) is 24.7 Å². The zero-order chi connectivity index (χ0) is 16.7. The first-order valence-corrected chi connectivity index (χ1v) is 10.4. The van der Waals surface area contributed by atoms with Crippen LogP contribution in [0.25, 0.3) is 10.1 Å². The van der Waals surface area contributed by atoms with Gasteiger partial charge in [0.1, 0.15) is 5.00 Å². The first kappa shape index (κ1) is 15.7. The quantitative estimate of drug-likeness (QED) is 0.657. The summed E-state index contributed by atoms with van der Waals surface area (Å²) < 4.78 is 29.3. The van der Waals surface area contributed by atoms with Crippen LogP contribution in [-0.4, -0.2) is 15.0 Å². The van der Waals surface area contributed by atoms with E-state index in [-0.39, 0.29) is 0 Å². The van der Waals surface area contributed by atoms with Gasteiger partial charge in [-0.25, -0.2) is 8.42 Å². The van der Waals surface area contributed by atoms with Crippen molar-refractivity contribution in [1.29, 1.82) is 0 Å². The number of nitrogens with zero attached hydrogens (tertiary/aromatic N) is 1. The van der Waals surface area contributed by atoms with E-state index in [4.69, 9.17) is 0 Å². The molecule has 1 saturated carbocycles.